The maximum atomic E-state index is 11.6. The summed E-state index contributed by atoms with van der Waals surface area (Å²) in [7, 11) is 0. The third-order valence-electron chi connectivity index (χ3n) is 4.50. The summed E-state index contributed by atoms with van der Waals surface area (Å²) < 4.78 is 95.2. The van der Waals surface area contributed by atoms with Gasteiger partial charge in [-0.25, -0.2) is 19.2 Å². The number of amides is 3. The van der Waals surface area contributed by atoms with E-state index in [1.807, 2.05) is 0 Å². The number of carbonyl (C=O) groups excluding carboxylic acids is 2. The van der Waals surface area contributed by atoms with Crippen molar-refractivity contribution in [1.82, 2.24) is 26.6 Å². The van der Waals surface area contributed by atoms with Crippen LogP contribution in [0.2, 0.25) is 0 Å². The van der Waals surface area contributed by atoms with E-state index in [4.69, 9.17) is 46.6 Å². The van der Waals surface area contributed by atoms with Crippen LogP contribution in [0.15, 0.2) is 0 Å². The van der Waals surface area contributed by atoms with Crippen molar-refractivity contribution in [2.75, 3.05) is 45.8 Å². The molecule has 0 aromatic heterocycles. The molecule has 0 rings (SSSR count). The fourth-order valence-corrected chi connectivity index (χ4v) is 2.27. The van der Waals surface area contributed by atoms with Crippen molar-refractivity contribution < 1.29 is 78.8 Å². The number of halogens is 9. The highest BCUT2D eigenvalue weighted by Crippen LogP contribution is 2.14. The van der Waals surface area contributed by atoms with E-state index in [1.165, 1.54) is 0 Å². The summed E-state index contributed by atoms with van der Waals surface area (Å²) in [5, 5.41) is 42.5. The van der Waals surface area contributed by atoms with Crippen LogP contribution in [-0.4, -0.2) is 115 Å². The summed E-state index contributed by atoms with van der Waals surface area (Å²) in [6.45, 7) is 4.41. The van der Waals surface area contributed by atoms with Crippen LogP contribution in [0, 0.1) is 5.41 Å². The lowest BCUT2D eigenvalue weighted by Gasteiger charge is -2.09. The predicted octanol–water partition coefficient (Wildman–Crippen LogP) is 1.06. The first-order valence-corrected chi connectivity index (χ1v) is 13.6. The number of rotatable bonds is 17. The summed E-state index contributed by atoms with van der Waals surface area (Å²) in [6.07, 6.45) is -8.57. The predicted molar refractivity (Wildman–Crippen MR) is 150 cm³/mol. The molecule has 48 heavy (non-hydrogen) atoms. The Morgan fingerprint density at radius 1 is 0.542 bits per heavy atom. The number of alkyl halides is 9. The minimum absolute atomic E-state index is 0.00543. The topological polar surface area (TPSA) is 282 Å². The molecule has 0 aromatic rings. The molecule has 0 aliphatic rings. The molecule has 284 valence electrons. The van der Waals surface area contributed by atoms with Crippen molar-refractivity contribution in [1.29, 1.82) is 5.41 Å². The number of urea groups is 1. The van der Waals surface area contributed by atoms with Crippen LogP contribution in [0.1, 0.15) is 44.9 Å². The molecule has 0 unspecified atom stereocenters. The molecule has 0 saturated heterocycles. The Labute approximate surface area is 268 Å². The van der Waals surface area contributed by atoms with Crippen LogP contribution in [0.5, 0.6) is 0 Å². The Morgan fingerprint density at radius 3 is 1.25 bits per heavy atom. The second-order valence-electron chi connectivity index (χ2n) is 8.72. The average Bonchev–Trinajstić information content (AvgIpc) is 2.94. The summed E-state index contributed by atoms with van der Waals surface area (Å²) in [4.78, 5) is 49.9. The van der Waals surface area contributed by atoms with Gasteiger partial charge in [-0.3, -0.25) is 10.2 Å². The minimum atomic E-state index is -5.08. The van der Waals surface area contributed by atoms with Crippen LogP contribution >= 0.6 is 0 Å². The molecule has 3 amide bonds. The first kappa shape index (κ1) is 50.6. The molecule has 0 bridgehead atoms. The van der Waals surface area contributed by atoms with Crippen molar-refractivity contribution in [2.24, 2.45) is 11.5 Å². The largest absolute Gasteiger partial charge is 0.490 e. The molecule has 0 fully saturated rings. The monoisotopic (exact) mass is 728 g/mol. The Bertz CT molecular complexity index is 882. The van der Waals surface area contributed by atoms with E-state index in [1.54, 1.807) is 0 Å². The molecule has 0 aliphatic carbocycles. The van der Waals surface area contributed by atoms with E-state index in [0.717, 1.165) is 58.0 Å². The number of carboxylic acids is 3. The van der Waals surface area contributed by atoms with Gasteiger partial charge in [-0.15, -0.1) is 0 Å². The molecule has 0 aromatic carbocycles. The lowest BCUT2D eigenvalue weighted by molar-refractivity contribution is -0.193. The van der Waals surface area contributed by atoms with Crippen LogP contribution in [-0.2, 0) is 19.2 Å². The van der Waals surface area contributed by atoms with Crippen molar-refractivity contribution >= 4 is 35.8 Å². The zero-order valence-corrected chi connectivity index (χ0v) is 25.3. The Kier molecular flexibility index (Phi) is 30.4. The van der Waals surface area contributed by atoms with Gasteiger partial charge in [0, 0.05) is 19.6 Å². The quantitative estimate of drug-likeness (QED) is 0.0434. The highest BCUT2D eigenvalue weighted by Gasteiger charge is 2.39. The first-order valence-electron chi connectivity index (χ1n) is 13.6. The van der Waals surface area contributed by atoms with Gasteiger partial charge in [-0.2, -0.15) is 39.5 Å². The number of carboxylic acid groups (broad SMARTS) is 3. The molecule has 25 heteroatoms. The van der Waals surface area contributed by atoms with E-state index < -0.39 is 36.4 Å². The van der Waals surface area contributed by atoms with Crippen molar-refractivity contribution in [3.8, 4) is 0 Å². The molecule has 16 nitrogen and oxygen atoms in total. The fraction of sp³-hybridized carbons (Fsp3) is 0.739. The van der Waals surface area contributed by atoms with Gasteiger partial charge in [0.25, 0.3) is 0 Å². The zero-order chi connectivity index (χ0) is 38.4. The summed E-state index contributed by atoms with van der Waals surface area (Å²) in [6, 6.07) is -0.320. The maximum absolute atomic E-state index is 11.6. The summed E-state index contributed by atoms with van der Waals surface area (Å²) >= 11 is 0. The molecule has 0 heterocycles. The van der Waals surface area contributed by atoms with Gasteiger partial charge in [0.2, 0.25) is 5.91 Å². The lowest BCUT2D eigenvalue weighted by Crippen LogP contribution is -2.42. The van der Waals surface area contributed by atoms with Crippen LogP contribution in [0.25, 0.3) is 0 Å². The number of aliphatic carboxylic acids is 3. The number of hydrogen-bond donors (Lipinski definition) is 11. The van der Waals surface area contributed by atoms with E-state index >= 15 is 0 Å². The number of hydrogen-bond acceptors (Lipinski definition) is 8. The van der Waals surface area contributed by atoms with Crippen LogP contribution < -0.4 is 38.1 Å². The van der Waals surface area contributed by atoms with Gasteiger partial charge in [0.1, 0.15) is 0 Å². The van der Waals surface area contributed by atoms with Gasteiger partial charge in [0.05, 0.1) is 6.54 Å². The molecular formula is C23H41F9N8O8. The minimum Gasteiger partial charge on any atom is -0.475 e. The van der Waals surface area contributed by atoms with Gasteiger partial charge in [-0.05, 0) is 51.7 Å². The van der Waals surface area contributed by atoms with E-state index in [9.17, 15) is 49.1 Å². The van der Waals surface area contributed by atoms with E-state index in [0.29, 0.717) is 26.2 Å². The first-order chi connectivity index (χ1) is 21.9. The second kappa shape index (κ2) is 28.9. The van der Waals surface area contributed by atoms with Crippen molar-refractivity contribution in [3.05, 3.63) is 0 Å². The smallest absolute Gasteiger partial charge is 0.475 e. The number of carbonyl (C=O) groups is 5. The number of unbranched alkanes of at least 4 members (excludes halogenated alkanes) is 4. The maximum Gasteiger partial charge on any atom is 0.490 e. The standard InChI is InChI=1S/C17H38N8O2.3C2HF3O2/c18-8-7-10-21-9-5-6-13-24-17(27)25-14-15(26)22-11-3-1-2-4-12-23-16(19)20;3*3-2(4,5)1(6)7/h21H,1-14,18H2,(H,22,26)(H4,19,20,23)(H2,24,25,27);3*(H,6,7). The highest BCUT2D eigenvalue weighted by molar-refractivity contribution is 5.83. The Morgan fingerprint density at radius 2 is 0.875 bits per heavy atom. The molecule has 0 atom stereocenters. The SMILES string of the molecule is N=C(N)NCCCCCCNC(=O)CNC(=O)NCCCCNCCCN.O=C(O)C(F)(F)F.O=C(O)C(F)(F)F.O=C(O)C(F)(F)F. The van der Waals surface area contributed by atoms with Crippen molar-refractivity contribution in [2.45, 2.75) is 63.5 Å². The number of nitrogens with one attached hydrogen (secondary N) is 6. The molecule has 0 radical (unpaired) electrons. The van der Waals surface area contributed by atoms with Crippen LogP contribution in [0.3, 0.4) is 0 Å². The van der Waals surface area contributed by atoms with Gasteiger partial charge < -0.3 is 53.4 Å². The molecular weight excluding hydrogens is 687 g/mol. The number of nitrogens with two attached hydrogens (primary N) is 2. The van der Waals surface area contributed by atoms with Crippen LogP contribution in [0.4, 0.5) is 44.3 Å². The highest BCUT2D eigenvalue weighted by atomic mass is 19.4. The number of guanidine groups is 1. The molecule has 0 aliphatic heterocycles. The second-order valence-corrected chi connectivity index (χ2v) is 8.72. The van der Waals surface area contributed by atoms with Gasteiger partial charge >= 0.3 is 42.5 Å². The molecule has 0 saturated carbocycles. The fourth-order valence-electron chi connectivity index (χ4n) is 2.27. The van der Waals surface area contributed by atoms with Crippen molar-refractivity contribution in [3.63, 3.8) is 0 Å². The normalized spacial score (nSPS) is 10.7. The summed E-state index contributed by atoms with van der Waals surface area (Å²) in [5.41, 5.74) is 10.6. The zero-order valence-electron chi connectivity index (χ0n) is 25.3. The average molecular weight is 729 g/mol. The Balaban J connectivity index is -0.000000369. The lowest BCUT2D eigenvalue weighted by atomic mass is 10.2. The third kappa shape index (κ3) is 43.8. The summed E-state index contributed by atoms with van der Waals surface area (Å²) in [5.74, 6) is -8.46. The van der Waals surface area contributed by atoms with E-state index in [-0.39, 0.29) is 24.4 Å². The van der Waals surface area contributed by atoms with Gasteiger partial charge in [-0.1, -0.05) is 12.8 Å². The van der Waals surface area contributed by atoms with E-state index in [2.05, 4.69) is 26.6 Å². The third-order valence-corrected chi connectivity index (χ3v) is 4.50. The molecule has 13 N–H and O–H groups in total. The molecule has 0 spiro atoms. The Hall–Kier alpha value is -4.29. The van der Waals surface area contributed by atoms with Gasteiger partial charge in [0.15, 0.2) is 5.96 Å².